The van der Waals surface area contributed by atoms with Gasteiger partial charge in [-0.3, -0.25) is 0 Å². The second-order valence-electron chi connectivity index (χ2n) is 9.13. The predicted molar refractivity (Wildman–Crippen MR) is 122 cm³/mol. The zero-order chi connectivity index (χ0) is 18.6. The topological polar surface area (TPSA) is 0 Å². The Labute approximate surface area is 193 Å². The van der Waals surface area contributed by atoms with Gasteiger partial charge in [0.1, 0.15) is 13.1 Å². The van der Waals surface area contributed by atoms with Gasteiger partial charge >= 0.3 is 29.6 Å². The molecule has 0 aliphatic rings. The fourth-order valence-electron chi connectivity index (χ4n) is 4.88. The Morgan fingerprint density at radius 2 is 0.577 bits per heavy atom. The van der Waals surface area contributed by atoms with Crippen molar-refractivity contribution in [2.45, 2.75) is 152 Å². The molecule has 0 aromatic carbocycles. The van der Waals surface area contributed by atoms with Gasteiger partial charge in [0.05, 0.1) is 0 Å². The molecule has 0 N–H and O–H groups in total. The largest absolute Gasteiger partial charge is 1.00 e. The van der Waals surface area contributed by atoms with Gasteiger partial charge in [0, 0.05) is 0 Å². The minimum Gasteiger partial charge on any atom is -0.191 e. The number of hydrogen-bond donors (Lipinski definition) is 0. The molecule has 0 saturated carbocycles. The molecular formula is C24H52AlNa. The standard InChI is InChI=1S/4C6H13.Al.Na/c4*1-3-5-6-4-2;;/h4*1,3-6H2,2H3;;/q;;;;-1;+1. The van der Waals surface area contributed by atoms with Crippen molar-refractivity contribution < 1.29 is 29.6 Å². The number of rotatable bonds is 20. The zero-order valence-corrected chi connectivity index (χ0v) is 22.9. The van der Waals surface area contributed by atoms with Crippen LogP contribution in [0.3, 0.4) is 0 Å². The molecule has 0 atom stereocenters. The van der Waals surface area contributed by atoms with Gasteiger partial charge in [0.2, 0.25) is 0 Å². The molecule has 26 heavy (non-hydrogen) atoms. The third kappa shape index (κ3) is 17.6. The molecule has 0 rings (SSSR count). The Bertz CT molecular complexity index is 201. The van der Waals surface area contributed by atoms with Gasteiger partial charge in [-0.2, -0.15) is 21.1 Å². The van der Waals surface area contributed by atoms with Crippen LogP contribution in [0.15, 0.2) is 0 Å². The summed E-state index contributed by atoms with van der Waals surface area (Å²) in [5.41, 5.74) is 0. The third-order valence-corrected chi connectivity index (χ3v) is 13.2. The van der Waals surface area contributed by atoms with Crippen molar-refractivity contribution in [1.29, 1.82) is 0 Å². The van der Waals surface area contributed by atoms with E-state index < -0.39 is 13.1 Å². The zero-order valence-electron chi connectivity index (χ0n) is 19.7. The normalized spacial score (nSPS) is 11.5. The second kappa shape index (κ2) is 22.8. The molecule has 0 saturated heterocycles. The Morgan fingerprint density at radius 1 is 0.346 bits per heavy atom. The van der Waals surface area contributed by atoms with E-state index in [0.29, 0.717) is 0 Å². The quantitative estimate of drug-likeness (QED) is 0.159. The van der Waals surface area contributed by atoms with Crippen molar-refractivity contribution in [3.05, 3.63) is 0 Å². The summed E-state index contributed by atoms with van der Waals surface area (Å²) >= 11 is -1.33. The third-order valence-electron chi connectivity index (χ3n) is 6.68. The molecular weight excluding hydrogens is 338 g/mol. The van der Waals surface area contributed by atoms with Crippen molar-refractivity contribution in [2.75, 3.05) is 0 Å². The molecule has 0 spiro atoms. The summed E-state index contributed by atoms with van der Waals surface area (Å²) in [4.78, 5) is 0. The summed E-state index contributed by atoms with van der Waals surface area (Å²) < 4.78 is 0. The molecule has 0 bridgehead atoms. The van der Waals surface area contributed by atoms with E-state index in [0.717, 1.165) is 0 Å². The summed E-state index contributed by atoms with van der Waals surface area (Å²) in [7, 11) is 0. The molecule has 0 unspecified atom stereocenters. The molecule has 0 nitrogen and oxygen atoms in total. The fraction of sp³-hybridized carbons (Fsp3) is 1.00. The minimum atomic E-state index is -1.33. The maximum Gasteiger partial charge on any atom is 1.00 e. The van der Waals surface area contributed by atoms with Crippen LogP contribution in [0.5, 0.6) is 0 Å². The van der Waals surface area contributed by atoms with Crippen LogP contribution in [0.2, 0.25) is 21.1 Å². The average molecular weight is 391 g/mol. The first-order valence-corrected chi connectivity index (χ1v) is 15.7. The molecule has 0 fully saturated rings. The monoisotopic (exact) mass is 390 g/mol. The molecule has 0 aromatic heterocycles. The maximum atomic E-state index is 2.35. The van der Waals surface area contributed by atoms with Crippen LogP contribution < -0.4 is 29.6 Å². The second-order valence-corrected chi connectivity index (χ2v) is 14.9. The van der Waals surface area contributed by atoms with Crippen LogP contribution in [-0.2, 0) is 0 Å². The summed E-state index contributed by atoms with van der Waals surface area (Å²) in [5, 5.41) is 6.77. The smallest absolute Gasteiger partial charge is 0.191 e. The van der Waals surface area contributed by atoms with E-state index in [1.54, 1.807) is 46.8 Å². The Kier molecular flexibility index (Phi) is 26.1. The fourth-order valence-corrected chi connectivity index (χ4v) is 11.2. The molecule has 0 heterocycles. The van der Waals surface area contributed by atoms with Gasteiger partial charge in [-0.05, 0) is 0 Å². The van der Waals surface area contributed by atoms with E-state index in [-0.39, 0.29) is 29.6 Å². The molecule has 0 radical (unpaired) electrons. The van der Waals surface area contributed by atoms with Crippen molar-refractivity contribution >= 4 is 13.1 Å². The van der Waals surface area contributed by atoms with E-state index in [4.69, 9.17) is 0 Å². The number of hydrogen-bond acceptors (Lipinski definition) is 0. The van der Waals surface area contributed by atoms with E-state index in [2.05, 4.69) is 27.7 Å². The van der Waals surface area contributed by atoms with Crippen LogP contribution in [0.1, 0.15) is 130 Å². The molecule has 0 aliphatic heterocycles. The first-order valence-electron chi connectivity index (χ1n) is 12.5. The van der Waals surface area contributed by atoms with Crippen LogP contribution in [0, 0.1) is 0 Å². The molecule has 0 aliphatic carbocycles. The van der Waals surface area contributed by atoms with Crippen LogP contribution in [0.25, 0.3) is 0 Å². The van der Waals surface area contributed by atoms with Crippen LogP contribution >= 0.6 is 0 Å². The molecule has 0 amide bonds. The first kappa shape index (κ1) is 29.7. The molecule has 0 aromatic rings. The van der Waals surface area contributed by atoms with Gasteiger partial charge in [-0.15, -0.1) is 0 Å². The van der Waals surface area contributed by atoms with E-state index in [1.165, 1.54) is 77.0 Å². The van der Waals surface area contributed by atoms with Crippen molar-refractivity contribution in [3.8, 4) is 0 Å². The van der Waals surface area contributed by atoms with Crippen molar-refractivity contribution in [1.82, 2.24) is 0 Å². The van der Waals surface area contributed by atoms with E-state index >= 15 is 0 Å². The molecule has 152 valence electrons. The Morgan fingerprint density at radius 3 is 0.769 bits per heavy atom. The Balaban J connectivity index is 0. The van der Waals surface area contributed by atoms with Crippen molar-refractivity contribution in [2.24, 2.45) is 0 Å². The Hall–Kier alpha value is 1.53. The van der Waals surface area contributed by atoms with Gasteiger partial charge in [-0.1, -0.05) is 130 Å². The van der Waals surface area contributed by atoms with Gasteiger partial charge in [0.25, 0.3) is 0 Å². The SMILES string of the molecule is CCCCC[CH2][Al-]([CH2]CCCCC)([CH2]CCCCC)[CH2]CCCCC.[Na+]. The summed E-state index contributed by atoms with van der Waals surface area (Å²) in [6.07, 6.45) is 23.7. The summed E-state index contributed by atoms with van der Waals surface area (Å²) in [6.45, 7) is 9.42. The number of unbranched alkanes of at least 4 members (excludes halogenated alkanes) is 12. The van der Waals surface area contributed by atoms with E-state index in [1.807, 2.05) is 0 Å². The van der Waals surface area contributed by atoms with Gasteiger partial charge in [-0.25, -0.2) is 0 Å². The van der Waals surface area contributed by atoms with E-state index in [9.17, 15) is 0 Å². The van der Waals surface area contributed by atoms with Crippen LogP contribution in [-0.4, -0.2) is 13.1 Å². The average Bonchev–Trinajstić information content (AvgIpc) is 2.63. The van der Waals surface area contributed by atoms with Gasteiger partial charge < -0.3 is 0 Å². The predicted octanol–water partition coefficient (Wildman–Crippen LogP) is 6.76. The first-order chi connectivity index (χ1) is 12.2. The maximum absolute atomic E-state index is 2.35. The minimum absolute atomic E-state index is 0. The summed E-state index contributed by atoms with van der Waals surface area (Å²) in [5.74, 6) is 0. The van der Waals surface area contributed by atoms with Gasteiger partial charge in [0.15, 0.2) is 0 Å². The van der Waals surface area contributed by atoms with Crippen LogP contribution in [0.4, 0.5) is 0 Å². The molecule has 2 heteroatoms. The van der Waals surface area contributed by atoms with Crippen molar-refractivity contribution in [3.63, 3.8) is 0 Å². The summed E-state index contributed by atoms with van der Waals surface area (Å²) in [6, 6.07) is 0.